The van der Waals surface area contributed by atoms with E-state index in [0.29, 0.717) is 19.8 Å². The summed E-state index contributed by atoms with van der Waals surface area (Å²) in [5.74, 6) is 0. The maximum atomic E-state index is 6.16. The molecule has 0 radical (unpaired) electrons. The largest absolute Gasteiger partial charge is 0.463 e. The van der Waals surface area contributed by atoms with Crippen LogP contribution in [-0.4, -0.2) is 72.2 Å². The molecule has 0 atom stereocenters. The van der Waals surface area contributed by atoms with Gasteiger partial charge < -0.3 is 14.0 Å². The lowest BCUT2D eigenvalue weighted by Gasteiger charge is -2.51. The molecule has 0 spiro atoms. The van der Waals surface area contributed by atoms with Crippen LogP contribution in [0.25, 0.3) is 0 Å². The first-order chi connectivity index (χ1) is 9.65. The van der Waals surface area contributed by atoms with Crippen molar-refractivity contribution in [3.8, 4) is 0 Å². The predicted molar refractivity (Wildman–Crippen MR) is 82.9 cm³/mol. The second-order valence-electron chi connectivity index (χ2n) is 8.57. The van der Waals surface area contributed by atoms with Crippen LogP contribution >= 0.6 is 0 Å². The van der Waals surface area contributed by atoms with Crippen LogP contribution in [-0.2, 0) is 14.0 Å². The summed E-state index contributed by atoms with van der Waals surface area (Å²) < 4.78 is 25.6. The summed E-state index contributed by atoms with van der Waals surface area (Å²) in [7, 11) is -0.215. The molecule has 4 fully saturated rings. The van der Waals surface area contributed by atoms with Crippen LogP contribution in [0.1, 0.15) is 41.5 Å². The fourth-order valence-electron chi connectivity index (χ4n) is 4.06. The maximum Gasteiger partial charge on any atom is 0.463 e. The SMILES string of the molecule is CC1(C)COB2N1B1OCC(C)(C)N1B1OCC(C)(C)N21. The van der Waals surface area contributed by atoms with Crippen LogP contribution < -0.4 is 0 Å². The van der Waals surface area contributed by atoms with Gasteiger partial charge in [-0.15, -0.1) is 0 Å². The van der Waals surface area contributed by atoms with Crippen LogP contribution in [0.4, 0.5) is 0 Å². The van der Waals surface area contributed by atoms with Gasteiger partial charge in [-0.3, -0.25) is 14.2 Å². The lowest BCUT2D eigenvalue weighted by molar-refractivity contribution is 0.239. The Balaban J connectivity index is 1.81. The van der Waals surface area contributed by atoms with Gasteiger partial charge in [-0.05, 0) is 41.5 Å². The van der Waals surface area contributed by atoms with Crippen molar-refractivity contribution in [2.24, 2.45) is 0 Å². The second kappa shape index (κ2) is 4.07. The van der Waals surface area contributed by atoms with E-state index in [4.69, 9.17) is 14.0 Å². The third kappa shape index (κ3) is 1.79. The molecule has 0 saturated carbocycles. The molecule has 0 N–H and O–H groups in total. The molecule has 0 amide bonds. The smallest absolute Gasteiger partial charge is 0.407 e. The molecule has 0 aliphatic carbocycles. The topological polar surface area (TPSA) is 37.4 Å². The molecular weight excluding hydrogens is 267 g/mol. The van der Waals surface area contributed by atoms with Gasteiger partial charge in [-0.1, -0.05) is 0 Å². The van der Waals surface area contributed by atoms with Gasteiger partial charge >= 0.3 is 21.6 Å². The zero-order valence-corrected chi connectivity index (χ0v) is 13.9. The molecule has 4 aliphatic rings. The maximum absolute atomic E-state index is 6.16. The van der Waals surface area contributed by atoms with E-state index in [1.165, 1.54) is 0 Å². The monoisotopic (exact) mass is 291 g/mol. The number of nitrogens with zero attached hydrogens (tertiary/aromatic N) is 3. The van der Waals surface area contributed by atoms with Crippen LogP contribution in [0.15, 0.2) is 0 Å². The molecule has 0 aromatic carbocycles. The Morgan fingerprint density at radius 3 is 1.05 bits per heavy atom. The van der Waals surface area contributed by atoms with E-state index in [2.05, 4.69) is 55.7 Å². The highest BCUT2D eigenvalue weighted by Crippen LogP contribution is 2.44. The van der Waals surface area contributed by atoms with Crippen molar-refractivity contribution < 1.29 is 14.0 Å². The molecule has 4 aliphatic heterocycles. The molecule has 0 bridgehead atoms. The minimum atomic E-state index is -0.0716. The molecule has 0 aromatic heterocycles. The summed E-state index contributed by atoms with van der Waals surface area (Å²) in [6, 6.07) is 0. The molecular formula is C12H24B3N3O3. The standard InChI is InChI=1S/C12H24B3N3O3/c1-10(2)7-19-13-16(10)14-18(11(3,4)8-20-14)15-17(13)12(5,6)9-21-15/h7-9H2,1-6H3. The van der Waals surface area contributed by atoms with Gasteiger partial charge in [0.2, 0.25) is 0 Å². The summed E-state index contributed by atoms with van der Waals surface area (Å²) in [6.45, 7) is 15.5. The second-order valence-corrected chi connectivity index (χ2v) is 8.57. The van der Waals surface area contributed by atoms with Crippen molar-refractivity contribution in [3.63, 3.8) is 0 Å². The average Bonchev–Trinajstić information content (AvgIpc) is 2.94. The molecule has 4 rings (SSSR count). The van der Waals surface area contributed by atoms with Crippen molar-refractivity contribution in [1.29, 1.82) is 0 Å². The molecule has 114 valence electrons. The van der Waals surface area contributed by atoms with Crippen molar-refractivity contribution >= 4 is 21.6 Å². The highest BCUT2D eigenvalue weighted by atomic mass is 16.5. The Labute approximate surface area is 128 Å². The van der Waals surface area contributed by atoms with Crippen LogP contribution in [0, 0.1) is 0 Å². The number of hydrogen-bond donors (Lipinski definition) is 0. The average molecular weight is 291 g/mol. The van der Waals surface area contributed by atoms with Gasteiger partial charge in [0.25, 0.3) is 0 Å². The Morgan fingerprint density at radius 1 is 0.571 bits per heavy atom. The van der Waals surface area contributed by atoms with Crippen LogP contribution in [0.3, 0.4) is 0 Å². The first kappa shape index (κ1) is 14.5. The van der Waals surface area contributed by atoms with Crippen molar-refractivity contribution in [2.45, 2.75) is 58.2 Å². The first-order valence-corrected chi connectivity index (χ1v) is 7.85. The normalized spacial score (nSPS) is 34.3. The Hall–Kier alpha value is -0.0452. The highest BCUT2D eigenvalue weighted by molar-refractivity contribution is 6.81. The summed E-state index contributed by atoms with van der Waals surface area (Å²) in [6.07, 6.45) is 0. The van der Waals surface area contributed by atoms with E-state index < -0.39 is 0 Å². The van der Waals surface area contributed by atoms with Crippen molar-refractivity contribution in [1.82, 2.24) is 14.2 Å². The third-order valence-electron chi connectivity index (χ3n) is 5.28. The zero-order chi connectivity index (χ0) is 15.2. The molecule has 4 saturated heterocycles. The van der Waals surface area contributed by atoms with Crippen LogP contribution in [0.2, 0.25) is 0 Å². The predicted octanol–water partition coefficient (Wildman–Crippen LogP) is 0.287. The van der Waals surface area contributed by atoms with Crippen molar-refractivity contribution in [3.05, 3.63) is 0 Å². The summed E-state index contributed by atoms with van der Waals surface area (Å²) in [5.41, 5.74) is -0.132. The Morgan fingerprint density at radius 2 is 0.810 bits per heavy atom. The molecule has 4 heterocycles. The van der Waals surface area contributed by atoms with Gasteiger partial charge in [-0.2, -0.15) is 0 Å². The molecule has 0 unspecified atom stereocenters. The number of rotatable bonds is 0. The minimum absolute atomic E-state index is 0.0440. The molecule has 0 aromatic rings. The lowest BCUT2D eigenvalue weighted by Crippen LogP contribution is -2.80. The molecule has 6 nitrogen and oxygen atoms in total. The Bertz CT molecular complexity index is 397. The summed E-state index contributed by atoms with van der Waals surface area (Å²) in [5, 5.41) is 0. The van der Waals surface area contributed by atoms with Gasteiger partial charge in [0.05, 0.1) is 0 Å². The fraction of sp³-hybridized carbons (Fsp3) is 1.00. The quantitative estimate of drug-likeness (QED) is 0.597. The van der Waals surface area contributed by atoms with E-state index >= 15 is 0 Å². The molecule has 9 heteroatoms. The summed E-state index contributed by atoms with van der Waals surface area (Å²) in [4.78, 5) is 0. The van der Waals surface area contributed by atoms with E-state index in [0.717, 1.165) is 0 Å². The third-order valence-corrected chi connectivity index (χ3v) is 5.28. The Kier molecular flexibility index (Phi) is 2.82. The van der Waals surface area contributed by atoms with E-state index in [1.807, 2.05) is 0 Å². The van der Waals surface area contributed by atoms with Gasteiger partial charge in [0, 0.05) is 36.4 Å². The minimum Gasteiger partial charge on any atom is -0.407 e. The van der Waals surface area contributed by atoms with E-state index in [9.17, 15) is 0 Å². The lowest BCUT2D eigenvalue weighted by atomic mass is 9.59. The fourth-order valence-corrected chi connectivity index (χ4v) is 4.06. The first-order valence-electron chi connectivity index (χ1n) is 7.85. The van der Waals surface area contributed by atoms with Crippen molar-refractivity contribution in [2.75, 3.05) is 19.8 Å². The zero-order valence-electron chi connectivity index (χ0n) is 13.9. The van der Waals surface area contributed by atoms with Gasteiger partial charge in [0.15, 0.2) is 0 Å². The van der Waals surface area contributed by atoms with Gasteiger partial charge in [-0.25, -0.2) is 0 Å². The molecule has 21 heavy (non-hydrogen) atoms. The highest BCUT2D eigenvalue weighted by Gasteiger charge is 2.72. The number of hydrogen-bond acceptors (Lipinski definition) is 6. The number of fused-ring (bicyclic) bond motifs is 6. The van der Waals surface area contributed by atoms with Gasteiger partial charge in [0.1, 0.15) is 0 Å². The van der Waals surface area contributed by atoms with E-state index in [1.54, 1.807) is 0 Å². The summed E-state index contributed by atoms with van der Waals surface area (Å²) >= 11 is 0. The van der Waals surface area contributed by atoms with E-state index in [-0.39, 0.29) is 38.2 Å². The van der Waals surface area contributed by atoms with Crippen LogP contribution in [0.5, 0.6) is 0 Å².